The highest BCUT2D eigenvalue weighted by Gasteiger charge is 2.31. The van der Waals surface area contributed by atoms with Crippen LogP contribution in [0.15, 0.2) is 30.3 Å². The maximum Gasteiger partial charge on any atom is 0.317 e. The van der Waals surface area contributed by atoms with E-state index in [-0.39, 0.29) is 11.9 Å². The van der Waals surface area contributed by atoms with Gasteiger partial charge in [-0.05, 0) is 30.9 Å². The number of carbonyl (C=O) groups excluding carboxylic acids is 1. The van der Waals surface area contributed by atoms with Gasteiger partial charge in [-0.3, -0.25) is 4.79 Å². The maximum atomic E-state index is 12.2. The zero-order chi connectivity index (χ0) is 17.5. The van der Waals surface area contributed by atoms with Gasteiger partial charge in [-0.25, -0.2) is 4.79 Å². The third-order valence-electron chi connectivity index (χ3n) is 4.44. The maximum absolute atomic E-state index is 12.2. The number of benzene rings is 1. The van der Waals surface area contributed by atoms with Gasteiger partial charge in [0, 0.05) is 38.9 Å². The van der Waals surface area contributed by atoms with Gasteiger partial charge in [-0.15, -0.1) is 0 Å². The van der Waals surface area contributed by atoms with Crippen molar-refractivity contribution in [1.82, 2.24) is 10.2 Å². The van der Waals surface area contributed by atoms with E-state index in [1.54, 1.807) is 4.90 Å². The highest BCUT2D eigenvalue weighted by atomic mass is 16.4. The number of urea groups is 1. The zero-order valence-corrected chi connectivity index (χ0v) is 14.4. The van der Waals surface area contributed by atoms with Crippen LogP contribution in [0.3, 0.4) is 0 Å². The van der Waals surface area contributed by atoms with Gasteiger partial charge in [-0.2, -0.15) is 0 Å². The van der Waals surface area contributed by atoms with Crippen LogP contribution in [0, 0.1) is 11.8 Å². The van der Waals surface area contributed by atoms with Crippen molar-refractivity contribution in [2.75, 3.05) is 38.1 Å². The molecule has 2 atom stereocenters. The predicted molar refractivity (Wildman–Crippen MR) is 94.2 cm³/mol. The molecule has 6 heteroatoms. The van der Waals surface area contributed by atoms with Gasteiger partial charge in [0.25, 0.3) is 0 Å². The molecule has 132 valence electrons. The Labute approximate surface area is 143 Å². The van der Waals surface area contributed by atoms with Crippen molar-refractivity contribution in [3.8, 4) is 0 Å². The fourth-order valence-electron chi connectivity index (χ4n) is 3.13. The summed E-state index contributed by atoms with van der Waals surface area (Å²) in [6, 6.07) is 9.95. The summed E-state index contributed by atoms with van der Waals surface area (Å²) in [6.45, 7) is 4.34. The van der Waals surface area contributed by atoms with Crippen molar-refractivity contribution in [2.45, 2.75) is 19.8 Å². The number of likely N-dealkylation sites (tertiary alicyclic amines) is 1. The van der Waals surface area contributed by atoms with E-state index in [0.717, 1.165) is 18.7 Å². The number of carbonyl (C=O) groups is 2. The number of amides is 2. The Morgan fingerprint density at radius 3 is 2.67 bits per heavy atom. The van der Waals surface area contributed by atoms with E-state index in [1.807, 2.05) is 32.2 Å². The molecule has 1 fully saturated rings. The molecule has 24 heavy (non-hydrogen) atoms. The summed E-state index contributed by atoms with van der Waals surface area (Å²) in [5, 5.41) is 12.1. The van der Waals surface area contributed by atoms with E-state index in [4.69, 9.17) is 0 Å². The summed E-state index contributed by atoms with van der Waals surface area (Å²) in [6.07, 6.45) is 1.48. The number of carboxylic acids is 1. The molecule has 0 saturated carbocycles. The summed E-state index contributed by atoms with van der Waals surface area (Å²) in [4.78, 5) is 27.2. The van der Waals surface area contributed by atoms with Crippen LogP contribution in [0.25, 0.3) is 0 Å². The first-order valence-electron chi connectivity index (χ1n) is 8.49. The standard InChI is InChI=1S/C18H27N3O3/c1-14-11-15(17(22)23)13-21(12-14)18(24)19-9-6-10-20(2)16-7-4-3-5-8-16/h3-5,7-8,14-15H,6,9-13H2,1-2H3,(H,19,24)(H,22,23). The molecule has 2 unspecified atom stereocenters. The summed E-state index contributed by atoms with van der Waals surface area (Å²) >= 11 is 0. The van der Waals surface area contributed by atoms with Crippen LogP contribution in [0.2, 0.25) is 0 Å². The molecule has 0 bridgehead atoms. The minimum Gasteiger partial charge on any atom is -0.481 e. The SMILES string of the molecule is CC1CC(C(=O)O)CN(C(=O)NCCCN(C)c2ccccc2)C1. The van der Waals surface area contributed by atoms with Crippen LogP contribution >= 0.6 is 0 Å². The first-order valence-corrected chi connectivity index (χ1v) is 8.49. The third-order valence-corrected chi connectivity index (χ3v) is 4.44. The first-order chi connectivity index (χ1) is 11.5. The molecule has 1 aromatic rings. The van der Waals surface area contributed by atoms with Crippen molar-refractivity contribution in [1.29, 1.82) is 0 Å². The second-order valence-corrected chi connectivity index (χ2v) is 6.62. The van der Waals surface area contributed by atoms with Crippen molar-refractivity contribution >= 4 is 17.7 Å². The number of aliphatic carboxylic acids is 1. The van der Waals surface area contributed by atoms with Crippen LogP contribution in [0.5, 0.6) is 0 Å². The van der Waals surface area contributed by atoms with Crippen LogP contribution in [0.4, 0.5) is 10.5 Å². The molecular weight excluding hydrogens is 306 g/mol. The normalized spacial score (nSPS) is 20.5. The molecule has 1 aliphatic heterocycles. The number of carboxylic acid groups (broad SMARTS) is 1. The number of nitrogens with one attached hydrogen (secondary N) is 1. The van der Waals surface area contributed by atoms with E-state index in [9.17, 15) is 14.7 Å². The van der Waals surface area contributed by atoms with Crippen molar-refractivity contribution in [3.05, 3.63) is 30.3 Å². The second-order valence-electron chi connectivity index (χ2n) is 6.62. The fourth-order valence-corrected chi connectivity index (χ4v) is 3.13. The number of hydrogen-bond acceptors (Lipinski definition) is 3. The lowest BCUT2D eigenvalue weighted by molar-refractivity contribution is -0.143. The lowest BCUT2D eigenvalue weighted by Crippen LogP contribution is -2.49. The van der Waals surface area contributed by atoms with Crippen molar-refractivity contribution in [2.24, 2.45) is 11.8 Å². The lowest BCUT2D eigenvalue weighted by atomic mass is 9.91. The zero-order valence-electron chi connectivity index (χ0n) is 14.4. The molecule has 2 rings (SSSR count). The molecule has 0 radical (unpaired) electrons. The van der Waals surface area contributed by atoms with E-state index in [0.29, 0.717) is 26.1 Å². The molecule has 1 aromatic carbocycles. The molecule has 1 aliphatic rings. The molecule has 6 nitrogen and oxygen atoms in total. The lowest BCUT2D eigenvalue weighted by Gasteiger charge is -2.34. The average Bonchev–Trinajstić information content (AvgIpc) is 2.58. The Balaban J connectivity index is 1.72. The van der Waals surface area contributed by atoms with Gasteiger partial charge in [0.15, 0.2) is 0 Å². The highest BCUT2D eigenvalue weighted by Crippen LogP contribution is 2.21. The van der Waals surface area contributed by atoms with Gasteiger partial charge in [-0.1, -0.05) is 25.1 Å². The van der Waals surface area contributed by atoms with Crippen molar-refractivity contribution < 1.29 is 14.7 Å². The van der Waals surface area contributed by atoms with Crippen LogP contribution in [-0.2, 0) is 4.79 Å². The van der Waals surface area contributed by atoms with Crippen LogP contribution in [0.1, 0.15) is 19.8 Å². The predicted octanol–water partition coefficient (Wildman–Crippen LogP) is 2.27. The Hall–Kier alpha value is -2.24. The summed E-state index contributed by atoms with van der Waals surface area (Å²) in [5.74, 6) is -1.05. The largest absolute Gasteiger partial charge is 0.481 e. The minimum absolute atomic E-state index is 0.157. The van der Waals surface area contributed by atoms with Gasteiger partial charge < -0.3 is 20.2 Å². The van der Waals surface area contributed by atoms with E-state index in [2.05, 4.69) is 22.3 Å². The van der Waals surface area contributed by atoms with E-state index >= 15 is 0 Å². The molecule has 0 aliphatic carbocycles. The molecular formula is C18H27N3O3. The number of nitrogens with zero attached hydrogens (tertiary/aromatic N) is 2. The number of piperidine rings is 1. The highest BCUT2D eigenvalue weighted by molar-refractivity contribution is 5.76. The number of para-hydroxylation sites is 1. The quantitative estimate of drug-likeness (QED) is 0.783. The smallest absolute Gasteiger partial charge is 0.317 e. The topological polar surface area (TPSA) is 72.9 Å². The molecule has 1 heterocycles. The number of hydrogen-bond donors (Lipinski definition) is 2. The first kappa shape index (κ1) is 18.1. The molecule has 2 N–H and O–H groups in total. The van der Waals surface area contributed by atoms with E-state index in [1.165, 1.54) is 0 Å². The summed E-state index contributed by atoms with van der Waals surface area (Å²) in [5.41, 5.74) is 1.15. The number of rotatable bonds is 6. The Bertz CT molecular complexity index is 550. The Morgan fingerprint density at radius 2 is 2.00 bits per heavy atom. The summed E-state index contributed by atoms with van der Waals surface area (Å²) < 4.78 is 0. The third kappa shape index (κ3) is 5.15. The molecule has 2 amide bonds. The van der Waals surface area contributed by atoms with Gasteiger partial charge in [0.2, 0.25) is 0 Å². The van der Waals surface area contributed by atoms with Crippen LogP contribution < -0.4 is 10.2 Å². The fraction of sp³-hybridized carbons (Fsp3) is 0.556. The summed E-state index contributed by atoms with van der Waals surface area (Å²) in [7, 11) is 2.03. The molecule has 0 spiro atoms. The Kier molecular flexibility index (Phi) is 6.46. The van der Waals surface area contributed by atoms with Crippen molar-refractivity contribution in [3.63, 3.8) is 0 Å². The monoisotopic (exact) mass is 333 g/mol. The molecule has 0 aromatic heterocycles. The Morgan fingerprint density at radius 1 is 1.29 bits per heavy atom. The minimum atomic E-state index is -0.816. The van der Waals surface area contributed by atoms with E-state index < -0.39 is 11.9 Å². The molecule has 1 saturated heterocycles. The average molecular weight is 333 g/mol. The number of anilines is 1. The second kappa shape index (κ2) is 8.57. The van der Waals surface area contributed by atoms with Gasteiger partial charge in [0.1, 0.15) is 0 Å². The van der Waals surface area contributed by atoms with Gasteiger partial charge >= 0.3 is 12.0 Å². The van der Waals surface area contributed by atoms with Crippen LogP contribution in [-0.4, -0.2) is 55.2 Å². The van der Waals surface area contributed by atoms with Gasteiger partial charge in [0.05, 0.1) is 5.92 Å².